The smallest absolute Gasteiger partial charge is 0.310 e. The molecule has 1 aliphatic rings. The maximum absolute atomic E-state index is 11.9. The van der Waals surface area contributed by atoms with Gasteiger partial charge in [0.05, 0.1) is 13.0 Å². The maximum atomic E-state index is 11.9. The van der Waals surface area contributed by atoms with Crippen molar-refractivity contribution in [3.05, 3.63) is 30.1 Å². The zero-order chi connectivity index (χ0) is 14.8. The normalized spacial score (nSPS) is 18.4. The van der Waals surface area contributed by atoms with Crippen LogP contribution < -0.4 is 0 Å². The molecule has 6 nitrogen and oxygen atoms in total. The summed E-state index contributed by atoms with van der Waals surface area (Å²) in [6, 6.07) is 3.95. The van der Waals surface area contributed by atoms with E-state index in [0.717, 1.165) is 23.0 Å². The average molecular weight is 287 g/mol. The molecule has 0 radical (unpaired) electrons. The molecule has 3 heterocycles. The maximum Gasteiger partial charge on any atom is 0.310 e. The Bertz CT molecular complexity index is 680. The number of aromatic nitrogens is 2. The van der Waals surface area contributed by atoms with Gasteiger partial charge in [-0.1, -0.05) is 0 Å². The molecule has 1 fully saturated rings. The molecular weight excluding hydrogens is 270 g/mol. The SMILES string of the molecule is COC(=O)C1CC(=O)N(CCc2ccnc3[nH]ccc23)C1. The lowest BCUT2D eigenvalue weighted by Gasteiger charge is -2.16. The van der Waals surface area contributed by atoms with E-state index in [9.17, 15) is 9.59 Å². The minimum atomic E-state index is -0.327. The van der Waals surface area contributed by atoms with Gasteiger partial charge in [-0.3, -0.25) is 9.59 Å². The predicted molar refractivity (Wildman–Crippen MR) is 76.5 cm³/mol. The first kappa shape index (κ1) is 13.6. The lowest BCUT2D eigenvalue weighted by atomic mass is 10.1. The number of likely N-dealkylation sites (tertiary alicyclic amines) is 1. The lowest BCUT2D eigenvalue weighted by molar-refractivity contribution is -0.145. The second-order valence-electron chi connectivity index (χ2n) is 5.22. The van der Waals surface area contributed by atoms with Gasteiger partial charge in [0, 0.05) is 37.3 Å². The van der Waals surface area contributed by atoms with Crippen LogP contribution in [0.25, 0.3) is 11.0 Å². The molecule has 0 bridgehead atoms. The van der Waals surface area contributed by atoms with Crippen molar-refractivity contribution in [2.75, 3.05) is 20.2 Å². The van der Waals surface area contributed by atoms with Gasteiger partial charge in [0.15, 0.2) is 0 Å². The van der Waals surface area contributed by atoms with Crippen LogP contribution in [0.4, 0.5) is 0 Å². The quantitative estimate of drug-likeness (QED) is 0.855. The molecule has 21 heavy (non-hydrogen) atoms. The number of amides is 1. The highest BCUT2D eigenvalue weighted by Crippen LogP contribution is 2.21. The van der Waals surface area contributed by atoms with Crippen LogP contribution in [0.5, 0.6) is 0 Å². The highest BCUT2D eigenvalue weighted by molar-refractivity contribution is 5.86. The number of carbonyl (C=O) groups excluding carboxylic acids is 2. The Morgan fingerprint density at radius 3 is 3.19 bits per heavy atom. The molecule has 0 aromatic carbocycles. The number of hydrogen-bond acceptors (Lipinski definition) is 4. The van der Waals surface area contributed by atoms with Gasteiger partial charge in [0.2, 0.25) is 5.91 Å². The van der Waals surface area contributed by atoms with E-state index in [-0.39, 0.29) is 24.2 Å². The molecule has 2 aromatic heterocycles. The number of esters is 1. The summed E-state index contributed by atoms with van der Waals surface area (Å²) in [5, 5.41) is 1.08. The first-order valence-corrected chi connectivity index (χ1v) is 6.95. The molecule has 1 N–H and O–H groups in total. The summed E-state index contributed by atoms with van der Waals surface area (Å²) < 4.78 is 4.71. The number of pyridine rings is 1. The molecule has 110 valence electrons. The second kappa shape index (κ2) is 5.55. The van der Waals surface area contributed by atoms with Gasteiger partial charge in [-0.2, -0.15) is 0 Å². The van der Waals surface area contributed by atoms with Crippen molar-refractivity contribution in [2.45, 2.75) is 12.8 Å². The summed E-state index contributed by atoms with van der Waals surface area (Å²) in [6.45, 7) is 1.06. The van der Waals surface area contributed by atoms with Crippen molar-refractivity contribution in [1.82, 2.24) is 14.9 Å². The Morgan fingerprint density at radius 1 is 1.52 bits per heavy atom. The largest absolute Gasteiger partial charge is 0.469 e. The number of nitrogens with zero attached hydrogens (tertiary/aromatic N) is 2. The molecule has 1 saturated heterocycles. The zero-order valence-corrected chi connectivity index (χ0v) is 11.8. The Morgan fingerprint density at radius 2 is 2.38 bits per heavy atom. The van der Waals surface area contributed by atoms with E-state index in [1.807, 2.05) is 18.3 Å². The molecule has 1 amide bonds. The molecule has 2 aromatic rings. The van der Waals surface area contributed by atoms with E-state index in [0.29, 0.717) is 13.1 Å². The van der Waals surface area contributed by atoms with Crippen LogP contribution in [0.2, 0.25) is 0 Å². The molecule has 6 heteroatoms. The molecule has 0 aliphatic carbocycles. The number of carbonyl (C=O) groups is 2. The first-order chi connectivity index (χ1) is 10.2. The van der Waals surface area contributed by atoms with Crippen molar-refractivity contribution in [1.29, 1.82) is 0 Å². The van der Waals surface area contributed by atoms with Gasteiger partial charge in [0.25, 0.3) is 0 Å². The van der Waals surface area contributed by atoms with Crippen LogP contribution in [-0.4, -0.2) is 46.9 Å². The van der Waals surface area contributed by atoms with Crippen molar-refractivity contribution in [3.63, 3.8) is 0 Å². The van der Waals surface area contributed by atoms with E-state index in [1.165, 1.54) is 7.11 Å². The van der Waals surface area contributed by atoms with E-state index in [4.69, 9.17) is 4.74 Å². The van der Waals surface area contributed by atoms with Crippen LogP contribution in [0, 0.1) is 5.92 Å². The van der Waals surface area contributed by atoms with Crippen LogP contribution in [0.15, 0.2) is 24.5 Å². The first-order valence-electron chi connectivity index (χ1n) is 6.95. The zero-order valence-electron chi connectivity index (χ0n) is 11.8. The number of methoxy groups -OCH3 is 1. The summed E-state index contributed by atoms with van der Waals surface area (Å²) in [7, 11) is 1.36. The fourth-order valence-electron chi connectivity index (χ4n) is 2.80. The summed E-state index contributed by atoms with van der Waals surface area (Å²) in [5.41, 5.74) is 2.00. The molecular formula is C15H17N3O3. The Hall–Kier alpha value is -2.37. The number of H-pyrrole nitrogens is 1. The topological polar surface area (TPSA) is 75.3 Å². The second-order valence-corrected chi connectivity index (χ2v) is 5.22. The van der Waals surface area contributed by atoms with Crippen LogP contribution in [0.3, 0.4) is 0 Å². The molecule has 1 unspecified atom stereocenters. The molecule has 3 rings (SSSR count). The van der Waals surface area contributed by atoms with Crippen molar-refractivity contribution in [2.24, 2.45) is 5.92 Å². The Balaban J connectivity index is 1.67. The van der Waals surface area contributed by atoms with Gasteiger partial charge < -0.3 is 14.6 Å². The van der Waals surface area contributed by atoms with Gasteiger partial charge in [0.1, 0.15) is 5.65 Å². The molecule has 0 spiro atoms. The van der Waals surface area contributed by atoms with E-state index < -0.39 is 0 Å². The standard InChI is InChI=1S/C15H17N3O3/c1-21-15(20)11-8-13(19)18(9-11)7-4-10-2-5-16-14-12(10)3-6-17-14/h2-3,5-6,11H,4,7-9H2,1H3,(H,16,17). The minimum absolute atomic E-state index is 0.0183. The summed E-state index contributed by atoms with van der Waals surface area (Å²) in [4.78, 5) is 32.5. The fourth-order valence-corrected chi connectivity index (χ4v) is 2.80. The van der Waals surface area contributed by atoms with Crippen molar-refractivity contribution < 1.29 is 14.3 Å². The minimum Gasteiger partial charge on any atom is -0.469 e. The van der Waals surface area contributed by atoms with E-state index in [1.54, 1.807) is 11.1 Å². The highest BCUT2D eigenvalue weighted by Gasteiger charge is 2.34. The third-order valence-corrected chi connectivity index (χ3v) is 3.95. The number of hydrogen-bond donors (Lipinski definition) is 1. The predicted octanol–water partition coefficient (Wildman–Crippen LogP) is 1.13. The molecule has 1 aliphatic heterocycles. The van der Waals surface area contributed by atoms with Gasteiger partial charge >= 0.3 is 5.97 Å². The van der Waals surface area contributed by atoms with Gasteiger partial charge in [-0.05, 0) is 24.1 Å². The Labute approximate surface area is 122 Å². The summed E-state index contributed by atoms with van der Waals surface area (Å²) >= 11 is 0. The summed E-state index contributed by atoms with van der Waals surface area (Å²) in [5.74, 6) is -0.611. The molecule has 0 saturated carbocycles. The van der Waals surface area contributed by atoms with E-state index in [2.05, 4.69) is 9.97 Å². The van der Waals surface area contributed by atoms with Gasteiger partial charge in [-0.15, -0.1) is 0 Å². The van der Waals surface area contributed by atoms with Crippen LogP contribution >= 0.6 is 0 Å². The van der Waals surface area contributed by atoms with Crippen LogP contribution in [-0.2, 0) is 20.7 Å². The number of rotatable bonds is 4. The van der Waals surface area contributed by atoms with Crippen molar-refractivity contribution >= 4 is 22.9 Å². The third-order valence-electron chi connectivity index (χ3n) is 3.95. The monoisotopic (exact) mass is 287 g/mol. The number of fused-ring (bicyclic) bond motifs is 1. The average Bonchev–Trinajstić information content (AvgIpc) is 3.11. The number of aromatic amines is 1. The lowest BCUT2D eigenvalue weighted by Crippen LogP contribution is -2.28. The molecule has 1 atom stereocenters. The van der Waals surface area contributed by atoms with E-state index >= 15 is 0 Å². The fraction of sp³-hybridized carbons (Fsp3) is 0.400. The van der Waals surface area contributed by atoms with Gasteiger partial charge in [-0.25, -0.2) is 4.98 Å². The van der Waals surface area contributed by atoms with Crippen LogP contribution in [0.1, 0.15) is 12.0 Å². The number of nitrogens with one attached hydrogen (secondary N) is 1. The Kier molecular flexibility index (Phi) is 3.60. The number of ether oxygens (including phenoxy) is 1. The highest BCUT2D eigenvalue weighted by atomic mass is 16.5. The van der Waals surface area contributed by atoms with Crippen molar-refractivity contribution in [3.8, 4) is 0 Å². The third kappa shape index (κ3) is 2.61. The summed E-state index contributed by atoms with van der Waals surface area (Å²) in [6.07, 6.45) is 4.62.